The average Bonchev–Trinajstić information content (AvgIpc) is 2.98. The highest BCUT2D eigenvalue weighted by atomic mass is 32.1. The van der Waals surface area contributed by atoms with E-state index in [1.54, 1.807) is 18.2 Å². The maximum absolute atomic E-state index is 13.3. The van der Waals surface area contributed by atoms with E-state index in [0.29, 0.717) is 11.9 Å². The van der Waals surface area contributed by atoms with Crippen LogP contribution in [-0.2, 0) is 15.7 Å². The summed E-state index contributed by atoms with van der Waals surface area (Å²) in [6, 6.07) is 12.6. The third-order valence-electron chi connectivity index (χ3n) is 3.76. The Labute approximate surface area is 165 Å². The van der Waals surface area contributed by atoms with Crippen LogP contribution in [0, 0.1) is 5.82 Å². The molecule has 0 saturated carbocycles. The molecule has 144 valence electrons. The van der Waals surface area contributed by atoms with Crippen molar-refractivity contribution in [2.24, 2.45) is 0 Å². The summed E-state index contributed by atoms with van der Waals surface area (Å²) in [5.41, 5.74) is 3.47. The Morgan fingerprint density at radius 2 is 1.96 bits per heavy atom. The fraction of sp³-hybridized carbons (Fsp3) is 0.0526. The first kappa shape index (κ1) is 19.9. The number of nitrogens with zero attached hydrogens (tertiary/aromatic N) is 1. The fourth-order valence-electron chi connectivity index (χ4n) is 2.57. The Bertz CT molecular complexity index is 1060. The van der Waals surface area contributed by atoms with E-state index in [1.165, 1.54) is 29.7 Å². The molecular weight excluding hydrogens is 402 g/mol. The zero-order valence-corrected chi connectivity index (χ0v) is 16.4. The maximum Gasteiger partial charge on any atom is 0.416 e. The second-order valence-corrected chi connectivity index (χ2v) is 6.90. The lowest BCUT2D eigenvalue weighted by molar-refractivity contribution is 0.189. The largest absolute Gasteiger partial charge is 0.418 e. The number of hydrogen-bond acceptors (Lipinski definition) is 5. The Balaban J connectivity index is 0.000000706. The SMILES string of the molecule is O=C1NC(Cc2ccc(-c3nc4cc(F)ccc4s3)cc2)=CC=CO1.O=[PH2]O. The molecule has 2 aromatic carbocycles. The summed E-state index contributed by atoms with van der Waals surface area (Å²) in [4.78, 5) is 23.0. The number of rotatable bonds is 3. The fourth-order valence-corrected chi connectivity index (χ4v) is 3.52. The molecule has 0 radical (unpaired) electrons. The number of carbonyl (C=O) groups is 1. The van der Waals surface area contributed by atoms with Gasteiger partial charge in [-0.3, -0.25) is 9.88 Å². The van der Waals surface area contributed by atoms with Crippen molar-refractivity contribution in [2.75, 3.05) is 0 Å². The highest BCUT2D eigenvalue weighted by Gasteiger charge is 2.10. The molecule has 3 aromatic rings. The van der Waals surface area contributed by atoms with Crippen LogP contribution in [-0.4, -0.2) is 16.0 Å². The Hall–Kier alpha value is -2.80. The predicted octanol–water partition coefficient (Wildman–Crippen LogP) is 4.43. The lowest BCUT2D eigenvalue weighted by Gasteiger charge is -2.07. The maximum atomic E-state index is 13.3. The van der Waals surface area contributed by atoms with Crippen LogP contribution in [0.2, 0.25) is 0 Å². The number of amides is 1. The Morgan fingerprint density at radius 1 is 1.21 bits per heavy atom. The van der Waals surface area contributed by atoms with Gasteiger partial charge >= 0.3 is 6.09 Å². The molecule has 28 heavy (non-hydrogen) atoms. The van der Waals surface area contributed by atoms with Crippen molar-refractivity contribution in [3.05, 3.63) is 78.0 Å². The molecule has 1 aromatic heterocycles. The van der Waals surface area contributed by atoms with Gasteiger partial charge in [0.25, 0.3) is 0 Å². The second-order valence-electron chi connectivity index (χ2n) is 5.66. The summed E-state index contributed by atoms with van der Waals surface area (Å²) in [6.07, 6.45) is 4.94. The number of aromatic nitrogens is 1. The summed E-state index contributed by atoms with van der Waals surface area (Å²) in [5, 5.41) is 3.54. The zero-order chi connectivity index (χ0) is 19.9. The first-order valence-electron chi connectivity index (χ1n) is 8.15. The number of cyclic esters (lactones) is 1. The van der Waals surface area contributed by atoms with Crippen molar-refractivity contribution >= 4 is 36.3 Å². The third-order valence-corrected chi connectivity index (χ3v) is 4.84. The number of halogens is 1. The number of alkyl carbamates (subject to hydrolysis) is 1. The molecule has 1 aliphatic heterocycles. The van der Waals surface area contributed by atoms with Gasteiger partial charge < -0.3 is 9.63 Å². The first-order chi connectivity index (χ1) is 13.6. The van der Waals surface area contributed by atoms with Crippen molar-refractivity contribution in [1.82, 2.24) is 10.3 Å². The standard InChI is InChI=1S/C19H13FN2O2S.H3O2P/c20-14-7-8-17-16(11-14)22-18(25-17)13-5-3-12(4-6-13)10-15-2-1-9-24-19(23)21-15;1-3-2/h1-9,11H,10H2,(H,21,23);3H2,(H,1,2). The number of thiazole rings is 1. The smallest absolute Gasteiger partial charge is 0.416 e. The minimum atomic E-state index is -1.50. The van der Waals surface area contributed by atoms with E-state index in [2.05, 4.69) is 10.3 Å². The molecule has 9 heteroatoms. The zero-order valence-electron chi connectivity index (χ0n) is 14.5. The monoisotopic (exact) mass is 418 g/mol. The van der Waals surface area contributed by atoms with Gasteiger partial charge in [0.15, 0.2) is 8.69 Å². The Kier molecular flexibility index (Phi) is 6.71. The van der Waals surface area contributed by atoms with Crippen LogP contribution >= 0.6 is 20.0 Å². The van der Waals surface area contributed by atoms with E-state index in [1.807, 2.05) is 24.3 Å². The van der Waals surface area contributed by atoms with Crippen LogP contribution in [0.15, 0.2) is 66.6 Å². The lowest BCUT2D eigenvalue weighted by Crippen LogP contribution is -2.22. The number of benzene rings is 2. The van der Waals surface area contributed by atoms with E-state index >= 15 is 0 Å². The highest BCUT2D eigenvalue weighted by molar-refractivity contribution is 7.21. The van der Waals surface area contributed by atoms with Crippen LogP contribution in [0.5, 0.6) is 0 Å². The van der Waals surface area contributed by atoms with Crippen LogP contribution in [0.3, 0.4) is 0 Å². The second kappa shape index (κ2) is 9.41. The first-order valence-corrected chi connectivity index (χ1v) is 9.96. The molecule has 1 unspecified atom stereocenters. The van der Waals surface area contributed by atoms with Crippen molar-refractivity contribution < 1.29 is 23.4 Å². The van der Waals surface area contributed by atoms with Crippen LogP contribution in [0.4, 0.5) is 9.18 Å². The van der Waals surface area contributed by atoms with E-state index in [0.717, 1.165) is 26.5 Å². The summed E-state index contributed by atoms with van der Waals surface area (Å²) < 4.78 is 27.6. The van der Waals surface area contributed by atoms with Crippen molar-refractivity contribution in [3.63, 3.8) is 0 Å². The third kappa shape index (κ3) is 5.13. The summed E-state index contributed by atoms with van der Waals surface area (Å²) >= 11 is 1.53. The number of ether oxygens (including phenoxy) is 1. The molecular formula is C19H16FN2O4PS. The minimum absolute atomic E-state index is 0.281. The van der Waals surface area contributed by atoms with E-state index in [9.17, 15) is 9.18 Å². The Morgan fingerprint density at radius 3 is 2.71 bits per heavy atom. The van der Waals surface area contributed by atoms with Gasteiger partial charge in [0.05, 0.1) is 16.5 Å². The van der Waals surface area contributed by atoms with Crippen LogP contribution in [0.25, 0.3) is 20.8 Å². The molecule has 2 heterocycles. The van der Waals surface area contributed by atoms with Gasteiger partial charge in [-0.05, 0) is 29.8 Å². The number of carbonyl (C=O) groups excluding carboxylic acids is 1. The summed E-state index contributed by atoms with van der Waals surface area (Å²) in [6.45, 7) is 0. The van der Waals surface area contributed by atoms with Gasteiger partial charge in [-0.25, -0.2) is 14.2 Å². The lowest BCUT2D eigenvalue weighted by atomic mass is 10.1. The van der Waals surface area contributed by atoms with Crippen LogP contribution in [0.1, 0.15) is 5.56 Å². The summed E-state index contributed by atoms with van der Waals surface area (Å²) in [7, 11) is -1.50. The molecule has 0 bridgehead atoms. The van der Waals surface area contributed by atoms with Gasteiger partial charge in [0.2, 0.25) is 0 Å². The van der Waals surface area contributed by atoms with E-state index in [-0.39, 0.29) is 5.82 Å². The molecule has 1 atom stereocenters. The molecule has 6 nitrogen and oxygen atoms in total. The van der Waals surface area contributed by atoms with Gasteiger partial charge in [0, 0.05) is 23.7 Å². The minimum Gasteiger partial charge on any atom is -0.418 e. The molecule has 1 amide bonds. The predicted molar refractivity (Wildman–Crippen MR) is 108 cm³/mol. The van der Waals surface area contributed by atoms with Gasteiger partial charge in [0.1, 0.15) is 10.8 Å². The molecule has 4 rings (SSSR count). The molecule has 0 aliphatic carbocycles. The van der Waals surface area contributed by atoms with E-state index < -0.39 is 14.8 Å². The molecule has 0 saturated heterocycles. The average molecular weight is 418 g/mol. The normalized spacial score (nSPS) is 13.5. The summed E-state index contributed by atoms with van der Waals surface area (Å²) in [5.74, 6) is -0.281. The number of allylic oxidation sites excluding steroid dienone is 3. The topological polar surface area (TPSA) is 88.5 Å². The molecule has 2 N–H and O–H groups in total. The quantitative estimate of drug-likeness (QED) is 0.615. The number of fused-ring (bicyclic) bond motifs is 1. The van der Waals surface area contributed by atoms with Gasteiger partial charge in [-0.2, -0.15) is 0 Å². The van der Waals surface area contributed by atoms with E-state index in [4.69, 9.17) is 14.2 Å². The van der Waals surface area contributed by atoms with Crippen molar-refractivity contribution in [1.29, 1.82) is 0 Å². The molecule has 0 spiro atoms. The van der Waals surface area contributed by atoms with Crippen LogP contribution < -0.4 is 5.32 Å². The van der Waals surface area contributed by atoms with Crippen molar-refractivity contribution in [3.8, 4) is 10.6 Å². The van der Waals surface area contributed by atoms with Gasteiger partial charge in [-0.1, -0.05) is 24.3 Å². The molecule has 1 aliphatic rings. The van der Waals surface area contributed by atoms with Crippen molar-refractivity contribution in [2.45, 2.75) is 6.42 Å². The number of hydrogen-bond donors (Lipinski definition) is 2. The van der Waals surface area contributed by atoms with Gasteiger partial charge in [-0.15, -0.1) is 11.3 Å². The number of nitrogens with one attached hydrogen (secondary N) is 1. The molecule has 0 fully saturated rings. The highest BCUT2D eigenvalue weighted by Crippen LogP contribution is 2.30.